The summed E-state index contributed by atoms with van der Waals surface area (Å²) in [5.74, 6) is 0.557. The van der Waals surface area contributed by atoms with Crippen LogP contribution in [0.5, 0.6) is 0 Å². The number of hydrogen-bond acceptors (Lipinski definition) is 6. The van der Waals surface area contributed by atoms with Gasteiger partial charge >= 0.3 is 0 Å². The van der Waals surface area contributed by atoms with Crippen LogP contribution in [0.3, 0.4) is 0 Å². The first-order valence-electron chi connectivity index (χ1n) is 7.87. The van der Waals surface area contributed by atoms with Crippen molar-refractivity contribution < 1.29 is 9.72 Å². The number of piperazine rings is 1. The standard InChI is InChI=1S/C17H17N5O3/c23-16(6-5-14-3-1-4-15(13-14)22(24)25)20-9-11-21(12-10-20)17-18-7-2-8-19-17/h1-8,13H,9-12H2/b6-5+. The van der Waals surface area contributed by atoms with Crippen LogP contribution in [0.15, 0.2) is 48.8 Å². The molecule has 0 unspecified atom stereocenters. The lowest BCUT2D eigenvalue weighted by atomic mass is 10.2. The normalized spacial score (nSPS) is 14.7. The Hall–Kier alpha value is -3.29. The number of rotatable bonds is 4. The summed E-state index contributed by atoms with van der Waals surface area (Å²) in [6.07, 6.45) is 6.44. The molecule has 0 aliphatic carbocycles. The Morgan fingerprint density at radius 3 is 2.52 bits per heavy atom. The van der Waals surface area contributed by atoms with E-state index in [9.17, 15) is 14.9 Å². The molecule has 1 saturated heterocycles. The van der Waals surface area contributed by atoms with E-state index in [0.717, 1.165) is 0 Å². The second-order valence-corrected chi connectivity index (χ2v) is 5.55. The highest BCUT2D eigenvalue weighted by Crippen LogP contribution is 2.15. The smallest absolute Gasteiger partial charge is 0.270 e. The monoisotopic (exact) mass is 339 g/mol. The maximum absolute atomic E-state index is 12.3. The third-order valence-electron chi connectivity index (χ3n) is 3.93. The van der Waals surface area contributed by atoms with Crippen LogP contribution in [0.25, 0.3) is 6.08 Å². The fraction of sp³-hybridized carbons (Fsp3) is 0.235. The molecule has 25 heavy (non-hydrogen) atoms. The van der Waals surface area contributed by atoms with Gasteiger partial charge in [0.1, 0.15) is 0 Å². The van der Waals surface area contributed by atoms with Crippen molar-refractivity contribution >= 4 is 23.6 Å². The van der Waals surface area contributed by atoms with Gasteiger partial charge in [0.05, 0.1) is 4.92 Å². The van der Waals surface area contributed by atoms with Crippen LogP contribution in [-0.4, -0.2) is 51.9 Å². The van der Waals surface area contributed by atoms with Crippen LogP contribution < -0.4 is 4.90 Å². The fourth-order valence-corrected chi connectivity index (χ4v) is 2.60. The summed E-state index contributed by atoms with van der Waals surface area (Å²) in [7, 11) is 0. The molecule has 0 radical (unpaired) electrons. The van der Waals surface area contributed by atoms with Crippen molar-refractivity contribution in [3.05, 3.63) is 64.5 Å². The first kappa shape index (κ1) is 16.6. The molecular formula is C17H17N5O3. The summed E-state index contributed by atoms with van der Waals surface area (Å²) >= 11 is 0. The molecule has 1 aliphatic rings. The number of nitro groups is 1. The Morgan fingerprint density at radius 2 is 1.84 bits per heavy atom. The zero-order chi connectivity index (χ0) is 17.6. The topological polar surface area (TPSA) is 92.5 Å². The summed E-state index contributed by atoms with van der Waals surface area (Å²) in [6, 6.07) is 7.95. The number of non-ortho nitro benzene ring substituents is 1. The second kappa shape index (κ2) is 7.52. The first-order valence-corrected chi connectivity index (χ1v) is 7.87. The molecule has 0 N–H and O–H groups in total. The zero-order valence-corrected chi connectivity index (χ0v) is 13.5. The maximum Gasteiger partial charge on any atom is 0.270 e. The highest BCUT2D eigenvalue weighted by molar-refractivity contribution is 5.92. The largest absolute Gasteiger partial charge is 0.337 e. The number of benzene rings is 1. The number of carbonyl (C=O) groups is 1. The third kappa shape index (κ3) is 4.17. The summed E-state index contributed by atoms with van der Waals surface area (Å²) in [4.78, 5) is 34.8. The number of nitro benzene ring substituents is 1. The van der Waals surface area contributed by atoms with Crippen LogP contribution in [0, 0.1) is 10.1 Å². The maximum atomic E-state index is 12.3. The highest BCUT2D eigenvalue weighted by Gasteiger charge is 2.21. The van der Waals surface area contributed by atoms with Gasteiger partial charge in [0.25, 0.3) is 5.69 Å². The first-order chi connectivity index (χ1) is 12.1. The molecule has 0 bridgehead atoms. The van der Waals surface area contributed by atoms with E-state index >= 15 is 0 Å². The van der Waals surface area contributed by atoms with E-state index in [1.54, 1.807) is 41.6 Å². The van der Waals surface area contributed by atoms with Gasteiger partial charge in [0, 0.05) is 56.8 Å². The predicted octanol–water partition coefficient (Wildman–Crippen LogP) is 1.75. The van der Waals surface area contributed by atoms with Crippen LogP contribution in [0.1, 0.15) is 5.56 Å². The van der Waals surface area contributed by atoms with Crippen LogP contribution in [0.4, 0.5) is 11.6 Å². The SMILES string of the molecule is O=C(/C=C/c1cccc([N+](=O)[O-])c1)N1CCN(c2ncccn2)CC1. The van der Waals surface area contributed by atoms with Crippen LogP contribution in [0.2, 0.25) is 0 Å². The summed E-state index contributed by atoms with van der Waals surface area (Å²) < 4.78 is 0. The minimum Gasteiger partial charge on any atom is -0.337 e. The average molecular weight is 339 g/mol. The number of amides is 1. The van der Waals surface area contributed by atoms with Crippen molar-refractivity contribution in [1.29, 1.82) is 0 Å². The molecule has 2 heterocycles. The van der Waals surface area contributed by atoms with E-state index in [1.165, 1.54) is 18.2 Å². The van der Waals surface area contributed by atoms with Crippen molar-refractivity contribution in [1.82, 2.24) is 14.9 Å². The highest BCUT2D eigenvalue weighted by atomic mass is 16.6. The van der Waals surface area contributed by atoms with Gasteiger partial charge in [-0.05, 0) is 17.7 Å². The number of anilines is 1. The van der Waals surface area contributed by atoms with E-state index in [-0.39, 0.29) is 11.6 Å². The van der Waals surface area contributed by atoms with Gasteiger partial charge in [-0.25, -0.2) is 9.97 Å². The van der Waals surface area contributed by atoms with E-state index in [1.807, 2.05) is 4.90 Å². The van der Waals surface area contributed by atoms with Crippen molar-refractivity contribution in [2.45, 2.75) is 0 Å². The average Bonchev–Trinajstić information content (AvgIpc) is 2.67. The summed E-state index contributed by atoms with van der Waals surface area (Å²) in [5, 5.41) is 10.8. The van der Waals surface area contributed by atoms with E-state index < -0.39 is 4.92 Å². The van der Waals surface area contributed by atoms with Crippen LogP contribution in [-0.2, 0) is 4.79 Å². The molecule has 0 spiro atoms. The molecule has 128 valence electrons. The van der Waals surface area contributed by atoms with E-state index in [4.69, 9.17) is 0 Å². The molecule has 1 aromatic heterocycles. The van der Waals surface area contributed by atoms with Crippen molar-refractivity contribution in [3.8, 4) is 0 Å². The molecule has 8 heteroatoms. The molecule has 1 aromatic carbocycles. The zero-order valence-electron chi connectivity index (χ0n) is 13.5. The van der Waals surface area contributed by atoms with Gasteiger partial charge in [-0.1, -0.05) is 12.1 Å². The molecule has 3 rings (SSSR count). The molecule has 8 nitrogen and oxygen atoms in total. The van der Waals surface area contributed by atoms with E-state index in [0.29, 0.717) is 37.7 Å². The summed E-state index contributed by atoms with van der Waals surface area (Å²) in [5.41, 5.74) is 0.630. The molecule has 1 fully saturated rings. The van der Waals surface area contributed by atoms with Crippen molar-refractivity contribution in [2.24, 2.45) is 0 Å². The molecule has 1 amide bonds. The molecule has 0 atom stereocenters. The van der Waals surface area contributed by atoms with Crippen molar-refractivity contribution in [3.63, 3.8) is 0 Å². The quantitative estimate of drug-likeness (QED) is 0.479. The van der Waals surface area contributed by atoms with Gasteiger partial charge in [-0.3, -0.25) is 14.9 Å². The lowest BCUT2D eigenvalue weighted by molar-refractivity contribution is -0.384. The third-order valence-corrected chi connectivity index (χ3v) is 3.93. The Balaban J connectivity index is 1.58. The van der Waals surface area contributed by atoms with Gasteiger partial charge in [0.15, 0.2) is 0 Å². The Bertz CT molecular complexity index is 786. The van der Waals surface area contributed by atoms with Gasteiger partial charge in [-0.15, -0.1) is 0 Å². The van der Waals surface area contributed by atoms with Gasteiger partial charge in [0.2, 0.25) is 11.9 Å². The minimum atomic E-state index is -0.454. The number of carbonyl (C=O) groups excluding carboxylic acids is 1. The Labute approximate surface area is 144 Å². The lowest BCUT2D eigenvalue weighted by Gasteiger charge is -2.34. The molecular weight excluding hydrogens is 322 g/mol. The minimum absolute atomic E-state index is 0.00562. The number of nitrogens with zero attached hydrogens (tertiary/aromatic N) is 5. The van der Waals surface area contributed by atoms with E-state index in [2.05, 4.69) is 9.97 Å². The summed E-state index contributed by atoms with van der Waals surface area (Å²) in [6.45, 7) is 2.49. The molecule has 0 saturated carbocycles. The number of hydrogen-bond donors (Lipinski definition) is 0. The molecule has 2 aromatic rings. The van der Waals surface area contributed by atoms with Gasteiger partial charge in [-0.2, -0.15) is 0 Å². The predicted molar refractivity (Wildman–Crippen MR) is 93.0 cm³/mol. The van der Waals surface area contributed by atoms with Gasteiger partial charge < -0.3 is 9.80 Å². The Morgan fingerprint density at radius 1 is 1.12 bits per heavy atom. The number of aromatic nitrogens is 2. The lowest BCUT2D eigenvalue weighted by Crippen LogP contribution is -2.48. The Kier molecular flexibility index (Phi) is 4.98. The molecule has 1 aliphatic heterocycles. The second-order valence-electron chi connectivity index (χ2n) is 5.55. The van der Waals surface area contributed by atoms with Crippen LogP contribution >= 0.6 is 0 Å². The van der Waals surface area contributed by atoms with Crippen molar-refractivity contribution in [2.75, 3.05) is 31.1 Å². The fourth-order valence-electron chi connectivity index (χ4n) is 2.60.